The van der Waals surface area contributed by atoms with Crippen molar-refractivity contribution in [3.63, 3.8) is 0 Å². The van der Waals surface area contributed by atoms with Crippen molar-refractivity contribution < 1.29 is 14.7 Å². The van der Waals surface area contributed by atoms with Crippen LogP contribution in [0.4, 0.5) is 10.5 Å². The van der Waals surface area contributed by atoms with Crippen LogP contribution in [0.5, 0.6) is 0 Å². The number of benzene rings is 1. The molecule has 5 nitrogen and oxygen atoms in total. The lowest BCUT2D eigenvalue weighted by Gasteiger charge is -2.32. The maximum atomic E-state index is 12.4. The molecule has 0 spiro atoms. The summed E-state index contributed by atoms with van der Waals surface area (Å²) in [5, 5.41) is 12.0. The topological polar surface area (TPSA) is 69.6 Å². The van der Waals surface area contributed by atoms with E-state index in [4.69, 9.17) is 0 Å². The zero-order valence-corrected chi connectivity index (χ0v) is 12.6. The molecule has 1 aromatic rings. The van der Waals surface area contributed by atoms with Crippen molar-refractivity contribution in [2.75, 3.05) is 18.4 Å². The van der Waals surface area contributed by atoms with Crippen molar-refractivity contribution in [3.8, 4) is 0 Å². The number of aromatic carboxylic acids is 1. The van der Waals surface area contributed by atoms with Crippen LogP contribution < -0.4 is 5.32 Å². The predicted octanol–water partition coefficient (Wildman–Crippen LogP) is 3.35. The van der Waals surface area contributed by atoms with Gasteiger partial charge >= 0.3 is 12.0 Å². The zero-order valence-electron chi connectivity index (χ0n) is 12.6. The van der Waals surface area contributed by atoms with Crippen LogP contribution in [0.25, 0.3) is 0 Å². The molecule has 1 saturated carbocycles. The third kappa shape index (κ3) is 3.54. The number of hydrogen-bond acceptors (Lipinski definition) is 2. The number of carbonyl (C=O) groups excluding carboxylic acids is 1. The number of hydrogen-bond donors (Lipinski definition) is 2. The van der Waals surface area contributed by atoms with E-state index in [9.17, 15) is 14.7 Å². The van der Waals surface area contributed by atoms with Crippen molar-refractivity contribution in [1.82, 2.24) is 4.90 Å². The highest BCUT2D eigenvalue weighted by molar-refractivity contribution is 6.01. The maximum absolute atomic E-state index is 12.4. The Labute approximate surface area is 125 Å². The SMILES string of the molecule is CCN(CC1CCC1)C(=O)Nc1c(C)cccc1C(=O)O. The average molecular weight is 290 g/mol. The van der Waals surface area contributed by atoms with Gasteiger partial charge in [-0.1, -0.05) is 18.6 Å². The zero-order chi connectivity index (χ0) is 15.4. The minimum atomic E-state index is -1.03. The molecule has 2 rings (SSSR count). The van der Waals surface area contributed by atoms with Gasteiger partial charge in [0, 0.05) is 13.1 Å². The predicted molar refractivity (Wildman–Crippen MR) is 81.7 cm³/mol. The number of nitrogens with zero attached hydrogens (tertiary/aromatic N) is 1. The summed E-state index contributed by atoms with van der Waals surface area (Å²) < 4.78 is 0. The Morgan fingerprint density at radius 2 is 2.10 bits per heavy atom. The number of amides is 2. The molecule has 1 aliphatic carbocycles. The van der Waals surface area contributed by atoms with E-state index in [2.05, 4.69) is 5.32 Å². The summed E-state index contributed by atoms with van der Waals surface area (Å²) in [7, 11) is 0. The van der Waals surface area contributed by atoms with Crippen molar-refractivity contribution in [2.24, 2.45) is 5.92 Å². The molecule has 5 heteroatoms. The van der Waals surface area contributed by atoms with Gasteiger partial charge in [0.1, 0.15) is 0 Å². The highest BCUT2D eigenvalue weighted by Crippen LogP contribution is 2.27. The second-order valence-corrected chi connectivity index (χ2v) is 5.57. The highest BCUT2D eigenvalue weighted by Gasteiger charge is 2.24. The van der Waals surface area contributed by atoms with Gasteiger partial charge in [-0.05, 0) is 44.2 Å². The standard InChI is InChI=1S/C16H22N2O3/c1-3-18(10-12-7-5-8-12)16(21)17-14-11(2)6-4-9-13(14)15(19)20/h4,6,9,12H,3,5,7-8,10H2,1-2H3,(H,17,21)(H,19,20). The van der Waals surface area contributed by atoms with Crippen molar-refractivity contribution in [3.05, 3.63) is 29.3 Å². The molecular formula is C16H22N2O3. The summed E-state index contributed by atoms with van der Waals surface area (Å²) in [5.41, 5.74) is 1.27. The van der Waals surface area contributed by atoms with E-state index >= 15 is 0 Å². The molecule has 21 heavy (non-hydrogen) atoms. The van der Waals surface area contributed by atoms with Crippen LogP contribution in [-0.4, -0.2) is 35.1 Å². The number of rotatable bonds is 5. The Morgan fingerprint density at radius 3 is 2.62 bits per heavy atom. The molecule has 0 aliphatic heterocycles. The van der Waals surface area contributed by atoms with Crippen LogP contribution in [0.3, 0.4) is 0 Å². The van der Waals surface area contributed by atoms with Gasteiger partial charge in [0.15, 0.2) is 0 Å². The smallest absolute Gasteiger partial charge is 0.337 e. The first-order valence-electron chi connectivity index (χ1n) is 7.41. The summed E-state index contributed by atoms with van der Waals surface area (Å²) in [6.07, 6.45) is 3.59. The van der Waals surface area contributed by atoms with Crippen molar-refractivity contribution in [2.45, 2.75) is 33.1 Å². The van der Waals surface area contributed by atoms with Crippen molar-refractivity contribution >= 4 is 17.7 Å². The first-order chi connectivity index (χ1) is 10.0. The monoisotopic (exact) mass is 290 g/mol. The molecule has 2 amide bonds. The molecule has 0 unspecified atom stereocenters. The van der Waals surface area contributed by atoms with Crippen LogP contribution in [0.2, 0.25) is 0 Å². The molecule has 0 heterocycles. The number of carbonyl (C=O) groups is 2. The number of nitrogens with one attached hydrogen (secondary N) is 1. The molecule has 0 atom stereocenters. The lowest BCUT2D eigenvalue weighted by atomic mass is 9.85. The lowest BCUT2D eigenvalue weighted by molar-refractivity contribution is 0.0698. The van der Waals surface area contributed by atoms with E-state index in [0.717, 1.165) is 12.1 Å². The number of urea groups is 1. The van der Waals surface area contributed by atoms with E-state index < -0.39 is 5.97 Å². The number of carboxylic acid groups (broad SMARTS) is 1. The van der Waals surface area contributed by atoms with Crippen LogP contribution >= 0.6 is 0 Å². The number of para-hydroxylation sites is 1. The summed E-state index contributed by atoms with van der Waals surface area (Å²) in [6, 6.07) is 4.76. The number of carboxylic acids is 1. The largest absolute Gasteiger partial charge is 0.478 e. The van der Waals surface area contributed by atoms with Crippen LogP contribution in [0.1, 0.15) is 42.1 Å². The fourth-order valence-corrected chi connectivity index (χ4v) is 2.54. The quantitative estimate of drug-likeness (QED) is 0.873. The Hall–Kier alpha value is -2.04. The molecule has 1 aliphatic rings. The minimum absolute atomic E-state index is 0.128. The van der Waals surface area contributed by atoms with E-state index in [1.165, 1.54) is 25.3 Å². The molecule has 0 radical (unpaired) electrons. The molecule has 0 bridgehead atoms. The highest BCUT2D eigenvalue weighted by atomic mass is 16.4. The molecule has 1 aromatic carbocycles. The number of anilines is 1. The van der Waals surface area contributed by atoms with E-state index in [0.29, 0.717) is 18.2 Å². The lowest BCUT2D eigenvalue weighted by Crippen LogP contribution is -2.40. The van der Waals surface area contributed by atoms with Gasteiger partial charge in [-0.25, -0.2) is 9.59 Å². The molecule has 0 saturated heterocycles. The van der Waals surface area contributed by atoms with Crippen LogP contribution in [0, 0.1) is 12.8 Å². The summed E-state index contributed by atoms with van der Waals surface area (Å²) in [4.78, 5) is 25.4. The fraction of sp³-hybridized carbons (Fsp3) is 0.500. The second kappa shape index (κ2) is 6.61. The summed E-state index contributed by atoms with van der Waals surface area (Å²) >= 11 is 0. The van der Waals surface area contributed by atoms with Gasteiger partial charge in [0.2, 0.25) is 0 Å². The van der Waals surface area contributed by atoms with E-state index in [1.54, 1.807) is 24.0 Å². The van der Waals surface area contributed by atoms with Gasteiger partial charge in [-0.15, -0.1) is 0 Å². The molecule has 2 N–H and O–H groups in total. The molecule has 114 valence electrons. The van der Waals surface area contributed by atoms with Crippen LogP contribution in [-0.2, 0) is 0 Å². The van der Waals surface area contributed by atoms with Gasteiger partial charge in [0.25, 0.3) is 0 Å². The summed E-state index contributed by atoms with van der Waals surface area (Å²) in [6.45, 7) is 5.10. The normalized spacial score (nSPS) is 14.4. The summed E-state index contributed by atoms with van der Waals surface area (Å²) in [5.74, 6) is -0.442. The van der Waals surface area contributed by atoms with Gasteiger partial charge in [0.05, 0.1) is 11.3 Å². The second-order valence-electron chi connectivity index (χ2n) is 5.57. The molecule has 0 aromatic heterocycles. The minimum Gasteiger partial charge on any atom is -0.478 e. The van der Waals surface area contributed by atoms with E-state index in [1.807, 2.05) is 6.92 Å². The molecular weight excluding hydrogens is 268 g/mol. The third-order valence-electron chi connectivity index (χ3n) is 4.11. The third-order valence-corrected chi connectivity index (χ3v) is 4.11. The van der Waals surface area contributed by atoms with Crippen LogP contribution in [0.15, 0.2) is 18.2 Å². The van der Waals surface area contributed by atoms with E-state index in [-0.39, 0.29) is 11.6 Å². The molecule has 1 fully saturated rings. The van der Waals surface area contributed by atoms with Gasteiger partial charge in [-0.2, -0.15) is 0 Å². The van der Waals surface area contributed by atoms with Crippen molar-refractivity contribution in [1.29, 1.82) is 0 Å². The Bertz CT molecular complexity index is 538. The van der Waals surface area contributed by atoms with Gasteiger partial charge < -0.3 is 15.3 Å². The first-order valence-corrected chi connectivity index (χ1v) is 7.41. The Balaban J connectivity index is 2.12. The average Bonchev–Trinajstić information content (AvgIpc) is 2.39. The fourth-order valence-electron chi connectivity index (χ4n) is 2.54. The van der Waals surface area contributed by atoms with Gasteiger partial charge in [-0.3, -0.25) is 0 Å². The first kappa shape index (κ1) is 15.4. The Morgan fingerprint density at radius 1 is 1.38 bits per heavy atom. The Kier molecular flexibility index (Phi) is 4.83. The number of aryl methyl sites for hydroxylation is 1. The maximum Gasteiger partial charge on any atom is 0.337 e.